The summed E-state index contributed by atoms with van der Waals surface area (Å²) in [6.07, 6.45) is 0.233. The van der Waals surface area contributed by atoms with Crippen LogP contribution < -0.4 is 10.5 Å². The number of hydrogen-bond donors (Lipinski definition) is 5. The van der Waals surface area contributed by atoms with Crippen LogP contribution in [0, 0.1) is 11.8 Å². The van der Waals surface area contributed by atoms with Crippen molar-refractivity contribution in [2.45, 2.75) is 31.4 Å². The maximum Gasteiger partial charge on any atom is 0.255 e. The Morgan fingerprint density at radius 1 is 1.15 bits per heavy atom. The summed E-state index contributed by atoms with van der Waals surface area (Å²) >= 11 is 0. The number of ether oxygens (including phenoxy) is 1. The van der Waals surface area contributed by atoms with E-state index in [4.69, 9.17) is 10.5 Å². The molecular formula is C29H30N2O8. The summed E-state index contributed by atoms with van der Waals surface area (Å²) < 4.78 is 5.62. The zero-order valence-corrected chi connectivity index (χ0v) is 21.8. The lowest BCUT2D eigenvalue weighted by atomic mass is 9.58. The summed E-state index contributed by atoms with van der Waals surface area (Å²) in [6, 6.07) is 9.38. The van der Waals surface area contributed by atoms with E-state index >= 15 is 0 Å². The number of fused-ring (bicyclic) bond motifs is 3. The first-order chi connectivity index (χ1) is 18.4. The molecule has 0 heterocycles. The molecule has 3 aliphatic carbocycles. The fraction of sp³-hybridized carbons (Fsp3) is 0.345. The molecule has 10 heteroatoms. The van der Waals surface area contributed by atoms with Crippen molar-refractivity contribution < 1.29 is 39.5 Å². The molecule has 4 atom stereocenters. The molecule has 1 amide bonds. The molecule has 0 radical (unpaired) electrons. The molecule has 0 bridgehead atoms. The third kappa shape index (κ3) is 3.74. The molecule has 0 saturated heterocycles. The number of likely N-dealkylation sites (N-methyl/N-ethyl adjacent to an activating group) is 1. The van der Waals surface area contributed by atoms with Crippen LogP contribution in [0.1, 0.15) is 29.3 Å². The molecule has 5 rings (SSSR count). The van der Waals surface area contributed by atoms with Crippen molar-refractivity contribution in [3.05, 3.63) is 70.2 Å². The van der Waals surface area contributed by atoms with Gasteiger partial charge in [0, 0.05) is 11.5 Å². The molecule has 0 saturated carbocycles. The highest BCUT2D eigenvalue weighted by molar-refractivity contribution is 6.24. The fourth-order valence-electron chi connectivity index (χ4n) is 6.44. The molecule has 0 fully saturated rings. The molecule has 2 aromatic rings. The van der Waals surface area contributed by atoms with E-state index in [2.05, 4.69) is 0 Å². The van der Waals surface area contributed by atoms with Gasteiger partial charge in [-0.3, -0.25) is 19.3 Å². The molecule has 3 aliphatic rings. The number of primary amides is 1. The second kappa shape index (κ2) is 9.25. The first-order valence-corrected chi connectivity index (χ1v) is 12.7. The van der Waals surface area contributed by atoms with Gasteiger partial charge in [-0.25, -0.2) is 0 Å². The van der Waals surface area contributed by atoms with Crippen LogP contribution in [0.15, 0.2) is 59.1 Å². The van der Waals surface area contributed by atoms with Gasteiger partial charge < -0.3 is 30.9 Å². The number of hydrogen-bond acceptors (Lipinski definition) is 9. The van der Waals surface area contributed by atoms with Crippen molar-refractivity contribution in [1.29, 1.82) is 0 Å². The number of phenolic OH excluding ortho intramolecular Hbond substituents is 1. The Kier molecular flexibility index (Phi) is 6.27. The largest absolute Gasteiger partial charge is 0.510 e. The minimum atomic E-state index is -2.66. The Morgan fingerprint density at radius 3 is 2.51 bits per heavy atom. The molecule has 10 nitrogen and oxygen atoms in total. The van der Waals surface area contributed by atoms with E-state index in [1.165, 1.54) is 11.0 Å². The lowest BCUT2D eigenvalue weighted by Gasteiger charge is -2.50. The van der Waals surface area contributed by atoms with Gasteiger partial charge in [0.15, 0.2) is 11.4 Å². The number of nitrogens with two attached hydrogens (primary N) is 1. The van der Waals surface area contributed by atoms with E-state index in [1.54, 1.807) is 20.2 Å². The van der Waals surface area contributed by atoms with Crippen LogP contribution in [-0.2, 0) is 16.0 Å². The van der Waals surface area contributed by atoms with Gasteiger partial charge in [0.2, 0.25) is 5.78 Å². The molecule has 39 heavy (non-hydrogen) atoms. The highest BCUT2D eigenvalue weighted by Crippen LogP contribution is 2.53. The van der Waals surface area contributed by atoms with E-state index in [1.807, 2.05) is 31.2 Å². The smallest absolute Gasteiger partial charge is 0.255 e. The third-order valence-electron chi connectivity index (χ3n) is 8.06. The monoisotopic (exact) mass is 534 g/mol. The van der Waals surface area contributed by atoms with Crippen molar-refractivity contribution in [3.63, 3.8) is 0 Å². The predicted molar refractivity (Wildman–Crippen MR) is 140 cm³/mol. The van der Waals surface area contributed by atoms with Gasteiger partial charge in [0.1, 0.15) is 28.6 Å². The Hall–Kier alpha value is -4.15. The van der Waals surface area contributed by atoms with Gasteiger partial charge in [-0.2, -0.15) is 0 Å². The van der Waals surface area contributed by atoms with E-state index in [0.29, 0.717) is 23.5 Å². The molecule has 0 aromatic heterocycles. The molecule has 204 valence electrons. The van der Waals surface area contributed by atoms with Crippen LogP contribution >= 0.6 is 0 Å². The molecule has 0 aliphatic heterocycles. The first-order valence-electron chi connectivity index (χ1n) is 12.7. The number of carbonyl (C=O) groups excluding carboxylic acids is 3. The number of ketones is 2. The number of aliphatic hydroxyl groups is 3. The zero-order chi connectivity index (χ0) is 28.4. The summed E-state index contributed by atoms with van der Waals surface area (Å²) in [5, 5.41) is 44.7. The van der Waals surface area contributed by atoms with Gasteiger partial charge in [-0.1, -0.05) is 18.2 Å². The van der Waals surface area contributed by atoms with Crippen LogP contribution in [0.4, 0.5) is 0 Å². The number of amides is 1. The van der Waals surface area contributed by atoms with Crippen molar-refractivity contribution in [1.82, 2.24) is 4.90 Å². The quantitative estimate of drug-likeness (QED) is 0.361. The summed E-state index contributed by atoms with van der Waals surface area (Å²) in [5.41, 5.74) is 3.67. The van der Waals surface area contributed by atoms with E-state index in [9.17, 15) is 34.8 Å². The second-order valence-electron chi connectivity index (χ2n) is 10.4. The average molecular weight is 535 g/mol. The summed E-state index contributed by atoms with van der Waals surface area (Å²) in [7, 11) is 3.18. The molecule has 6 N–H and O–H groups in total. The Bertz CT molecular complexity index is 1490. The minimum absolute atomic E-state index is 0.0276. The van der Waals surface area contributed by atoms with Gasteiger partial charge in [0.05, 0.1) is 18.2 Å². The van der Waals surface area contributed by atoms with Gasteiger partial charge in [-0.05, 0) is 74.7 Å². The Morgan fingerprint density at radius 2 is 1.87 bits per heavy atom. The van der Waals surface area contributed by atoms with E-state index in [-0.39, 0.29) is 29.7 Å². The lowest BCUT2D eigenvalue weighted by molar-refractivity contribution is -0.148. The highest BCUT2D eigenvalue weighted by Gasteiger charge is 2.63. The van der Waals surface area contributed by atoms with Crippen LogP contribution in [-0.4, -0.2) is 75.1 Å². The normalized spacial score (nSPS) is 26.3. The van der Waals surface area contributed by atoms with Gasteiger partial charge in [0.25, 0.3) is 5.91 Å². The van der Waals surface area contributed by atoms with E-state index < -0.39 is 58.0 Å². The highest BCUT2D eigenvalue weighted by atomic mass is 16.5. The number of aromatic hydroxyl groups is 1. The number of carbonyl (C=O) groups is 3. The zero-order valence-electron chi connectivity index (χ0n) is 21.8. The van der Waals surface area contributed by atoms with Gasteiger partial charge >= 0.3 is 0 Å². The van der Waals surface area contributed by atoms with Crippen molar-refractivity contribution >= 4 is 17.5 Å². The number of benzene rings is 2. The molecular weight excluding hydrogens is 504 g/mol. The standard InChI is InChI=1S/C29H30N2O8/c1-4-39-15-7-5-6-13(10-15)16-8-9-19(32)21-17(16)11-14-12-18-23(31(2)3)25(34)22(28(30)37)27(36)29(18,38)26(35)20(14)24(21)33/h5-10,14,18,23,32,34-35,38H,4,11-12H2,1-3H3,(H2,30,37)/t14-,18-,23-,29-/m1/s1. The summed E-state index contributed by atoms with van der Waals surface area (Å²) in [6.45, 7) is 2.34. The van der Waals surface area contributed by atoms with Crippen LogP contribution in [0.5, 0.6) is 11.5 Å². The number of Topliss-reactive ketones (excluding diaryl/α,β-unsaturated/α-hetero) is 2. The predicted octanol–water partition coefficient (Wildman–Crippen LogP) is 2.19. The van der Waals surface area contributed by atoms with E-state index in [0.717, 1.165) is 5.56 Å². The van der Waals surface area contributed by atoms with Crippen molar-refractivity contribution in [2.75, 3.05) is 20.7 Å². The second-order valence-corrected chi connectivity index (χ2v) is 10.4. The SMILES string of the molecule is CCOc1cccc(-c2ccc(O)c3c2C[C@@H]2C[C@@H]4[C@@H](N(C)C)C(O)=C(C(N)=O)C(=O)[C@]4(O)C(O)=C2C3=O)c1. The Labute approximate surface area is 224 Å². The third-order valence-corrected chi connectivity index (χ3v) is 8.06. The fourth-order valence-corrected chi connectivity index (χ4v) is 6.44. The van der Waals surface area contributed by atoms with Crippen LogP contribution in [0.3, 0.4) is 0 Å². The number of phenols is 1. The summed E-state index contributed by atoms with van der Waals surface area (Å²) in [5.74, 6) is -6.11. The minimum Gasteiger partial charge on any atom is -0.510 e. The van der Waals surface area contributed by atoms with Crippen LogP contribution in [0.25, 0.3) is 11.1 Å². The maximum atomic E-state index is 13.9. The van der Waals surface area contributed by atoms with Gasteiger partial charge in [-0.15, -0.1) is 0 Å². The molecule has 2 aromatic carbocycles. The summed E-state index contributed by atoms with van der Waals surface area (Å²) in [4.78, 5) is 40.9. The van der Waals surface area contributed by atoms with Crippen molar-refractivity contribution in [3.8, 4) is 22.6 Å². The lowest BCUT2D eigenvalue weighted by Crippen LogP contribution is -2.63. The average Bonchev–Trinajstić information content (AvgIpc) is 2.86. The maximum absolute atomic E-state index is 13.9. The van der Waals surface area contributed by atoms with Crippen molar-refractivity contribution in [2.24, 2.45) is 17.6 Å². The topological polar surface area (TPSA) is 171 Å². The molecule has 0 unspecified atom stereocenters. The molecule has 0 spiro atoms. The Balaban J connectivity index is 1.70. The number of aliphatic hydroxyl groups excluding tert-OH is 2. The number of allylic oxidation sites excluding steroid dienone is 1. The van der Waals surface area contributed by atoms with Crippen LogP contribution in [0.2, 0.25) is 0 Å². The first kappa shape index (κ1) is 26.5. The number of nitrogens with zero attached hydrogens (tertiary/aromatic N) is 1. The number of rotatable bonds is 5.